The molecule has 1 fully saturated rings. The van der Waals surface area contributed by atoms with Crippen LogP contribution in [0, 0.1) is 0 Å². The Balaban J connectivity index is 1.70. The van der Waals surface area contributed by atoms with E-state index >= 15 is 0 Å². The van der Waals surface area contributed by atoms with Crippen LogP contribution in [0.2, 0.25) is 0 Å². The Kier molecular flexibility index (Phi) is 5.43. The maximum Gasteiger partial charge on any atom is 0.344 e. The zero-order valence-electron chi connectivity index (χ0n) is 11.9. The van der Waals surface area contributed by atoms with Gasteiger partial charge in [-0.3, -0.25) is 4.79 Å². The standard InChI is InChI=1S/C15H20N2O4/c16-12-6-2-3-7-13(12)20-11-15(19)21-10-14(18)17-8-4-1-5-9-17/h2-3,6-7H,1,4-5,8-11,16H2. The number of esters is 1. The summed E-state index contributed by atoms with van der Waals surface area (Å²) in [7, 11) is 0. The molecular weight excluding hydrogens is 272 g/mol. The average Bonchev–Trinajstić information content (AvgIpc) is 2.52. The van der Waals surface area contributed by atoms with Crippen LogP contribution in [0.1, 0.15) is 19.3 Å². The van der Waals surface area contributed by atoms with Crippen molar-refractivity contribution in [3.63, 3.8) is 0 Å². The molecule has 0 saturated carbocycles. The molecule has 0 bridgehead atoms. The van der Waals surface area contributed by atoms with Crippen LogP contribution in [0.3, 0.4) is 0 Å². The molecule has 0 radical (unpaired) electrons. The van der Waals surface area contributed by atoms with Crippen LogP contribution in [0.5, 0.6) is 5.75 Å². The summed E-state index contributed by atoms with van der Waals surface area (Å²) in [4.78, 5) is 25.1. The number of para-hydroxylation sites is 2. The molecule has 1 saturated heterocycles. The maximum atomic E-state index is 11.8. The SMILES string of the molecule is Nc1ccccc1OCC(=O)OCC(=O)N1CCCCC1. The lowest BCUT2D eigenvalue weighted by atomic mass is 10.1. The Labute approximate surface area is 123 Å². The lowest BCUT2D eigenvalue weighted by Crippen LogP contribution is -2.38. The quantitative estimate of drug-likeness (QED) is 0.651. The number of rotatable bonds is 5. The minimum absolute atomic E-state index is 0.151. The van der Waals surface area contributed by atoms with E-state index in [1.165, 1.54) is 0 Å². The van der Waals surface area contributed by atoms with Crippen molar-refractivity contribution in [2.24, 2.45) is 0 Å². The minimum atomic E-state index is -0.580. The lowest BCUT2D eigenvalue weighted by molar-refractivity contribution is -0.154. The van der Waals surface area contributed by atoms with Gasteiger partial charge in [-0.2, -0.15) is 0 Å². The molecule has 0 unspecified atom stereocenters. The molecule has 0 aliphatic carbocycles. The number of ether oxygens (including phenoxy) is 2. The van der Waals surface area contributed by atoms with Crippen molar-refractivity contribution >= 4 is 17.6 Å². The third kappa shape index (κ3) is 4.66. The molecule has 1 aromatic rings. The van der Waals surface area contributed by atoms with Crippen molar-refractivity contribution in [2.75, 3.05) is 32.0 Å². The van der Waals surface area contributed by atoms with Gasteiger partial charge in [0.15, 0.2) is 13.2 Å². The van der Waals surface area contributed by atoms with Crippen molar-refractivity contribution < 1.29 is 19.1 Å². The number of benzene rings is 1. The molecule has 1 aliphatic heterocycles. The summed E-state index contributed by atoms with van der Waals surface area (Å²) in [6, 6.07) is 6.89. The molecule has 1 aromatic carbocycles. The Bertz CT molecular complexity index is 498. The highest BCUT2D eigenvalue weighted by Crippen LogP contribution is 2.19. The van der Waals surface area contributed by atoms with Gasteiger partial charge in [-0.15, -0.1) is 0 Å². The average molecular weight is 292 g/mol. The molecule has 2 N–H and O–H groups in total. The van der Waals surface area contributed by atoms with Gasteiger partial charge in [0.1, 0.15) is 5.75 Å². The maximum absolute atomic E-state index is 11.8. The normalized spacial score (nSPS) is 14.6. The van der Waals surface area contributed by atoms with Crippen molar-refractivity contribution in [1.29, 1.82) is 0 Å². The first-order valence-electron chi connectivity index (χ1n) is 7.07. The number of carbonyl (C=O) groups excluding carboxylic acids is 2. The molecule has 21 heavy (non-hydrogen) atoms. The minimum Gasteiger partial charge on any atom is -0.480 e. The molecule has 114 valence electrons. The number of hydrogen-bond donors (Lipinski definition) is 1. The molecule has 1 amide bonds. The van der Waals surface area contributed by atoms with E-state index in [1.807, 2.05) is 0 Å². The van der Waals surface area contributed by atoms with Crippen molar-refractivity contribution in [3.8, 4) is 5.75 Å². The van der Waals surface area contributed by atoms with Gasteiger partial charge < -0.3 is 20.1 Å². The first-order chi connectivity index (χ1) is 10.2. The number of carbonyl (C=O) groups is 2. The van der Waals surface area contributed by atoms with Gasteiger partial charge >= 0.3 is 5.97 Å². The van der Waals surface area contributed by atoms with Gasteiger partial charge in [-0.05, 0) is 31.4 Å². The van der Waals surface area contributed by atoms with Crippen LogP contribution >= 0.6 is 0 Å². The number of nitrogens with zero attached hydrogens (tertiary/aromatic N) is 1. The summed E-state index contributed by atoms with van der Waals surface area (Å²) in [6.45, 7) is 0.995. The van der Waals surface area contributed by atoms with Gasteiger partial charge in [0.2, 0.25) is 0 Å². The van der Waals surface area contributed by atoms with Crippen LogP contribution in [-0.4, -0.2) is 43.1 Å². The van der Waals surface area contributed by atoms with E-state index in [1.54, 1.807) is 29.2 Å². The van der Waals surface area contributed by atoms with E-state index in [0.29, 0.717) is 11.4 Å². The number of amides is 1. The van der Waals surface area contributed by atoms with E-state index in [2.05, 4.69) is 0 Å². The fourth-order valence-electron chi connectivity index (χ4n) is 2.17. The van der Waals surface area contributed by atoms with Gasteiger partial charge in [0.25, 0.3) is 5.91 Å². The second kappa shape index (κ2) is 7.52. The van der Waals surface area contributed by atoms with Gasteiger partial charge in [0, 0.05) is 13.1 Å². The van der Waals surface area contributed by atoms with Crippen molar-refractivity contribution in [2.45, 2.75) is 19.3 Å². The van der Waals surface area contributed by atoms with Crippen molar-refractivity contribution in [3.05, 3.63) is 24.3 Å². The third-order valence-electron chi connectivity index (χ3n) is 3.33. The number of anilines is 1. The fraction of sp³-hybridized carbons (Fsp3) is 0.467. The monoisotopic (exact) mass is 292 g/mol. The smallest absolute Gasteiger partial charge is 0.344 e. The second-order valence-corrected chi connectivity index (χ2v) is 4.93. The molecule has 2 rings (SSSR count). The zero-order chi connectivity index (χ0) is 15.1. The molecule has 0 atom stereocenters. The summed E-state index contributed by atoms with van der Waals surface area (Å²) in [6.07, 6.45) is 3.17. The summed E-state index contributed by atoms with van der Waals surface area (Å²) in [5, 5.41) is 0. The summed E-state index contributed by atoms with van der Waals surface area (Å²) >= 11 is 0. The van der Waals surface area contributed by atoms with E-state index in [9.17, 15) is 9.59 Å². The molecular formula is C15H20N2O4. The molecule has 1 aliphatic rings. The number of hydrogen-bond acceptors (Lipinski definition) is 5. The first kappa shape index (κ1) is 15.2. The molecule has 6 nitrogen and oxygen atoms in total. The molecule has 0 spiro atoms. The van der Waals surface area contributed by atoms with E-state index in [4.69, 9.17) is 15.2 Å². The van der Waals surface area contributed by atoms with Gasteiger partial charge in [-0.1, -0.05) is 12.1 Å². The predicted molar refractivity (Wildman–Crippen MR) is 77.7 cm³/mol. The Morgan fingerprint density at radius 3 is 2.52 bits per heavy atom. The number of piperidine rings is 1. The van der Waals surface area contributed by atoms with Crippen LogP contribution in [0.15, 0.2) is 24.3 Å². The number of nitrogens with two attached hydrogens (primary N) is 1. The van der Waals surface area contributed by atoms with Crippen molar-refractivity contribution in [1.82, 2.24) is 4.90 Å². The van der Waals surface area contributed by atoms with E-state index in [-0.39, 0.29) is 19.1 Å². The van der Waals surface area contributed by atoms with Gasteiger partial charge in [0.05, 0.1) is 5.69 Å². The summed E-state index contributed by atoms with van der Waals surface area (Å²) in [5.74, 6) is -0.303. The third-order valence-corrected chi connectivity index (χ3v) is 3.33. The highest BCUT2D eigenvalue weighted by atomic mass is 16.6. The second-order valence-electron chi connectivity index (χ2n) is 4.93. The molecule has 6 heteroatoms. The molecule has 0 aromatic heterocycles. The zero-order valence-corrected chi connectivity index (χ0v) is 11.9. The van der Waals surface area contributed by atoms with Crippen LogP contribution in [0.25, 0.3) is 0 Å². The topological polar surface area (TPSA) is 81.9 Å². The number of nitrogen functional groups attached to an aromatic ring is 1. The van der Waals surface area contributed by atoms with E-state index < -0.39 is 5.97 Å². The summed E-state index contributed by atoms with van der Waals surface area (Å²) < 4.78 is 10.2. The molecule has 1 heterocycles. The fourth-order valence-corrected chi connectivity index (χ4v) is 2.17. The Hall–Kier alpha value is -2.24. The van der Waals surface area contributed by atoms with E-state index in [0.717, 1.165) is 32.4 Å². The van der Waals surface area contributed by atoms with Crippen LogP contribution in [0.4, 0.5) is 5.69 Å². The number of likely N-dealkylation sites (tertiary alicyclic amines) is 1. The highest BCUT2D eigenvalue weighted by molar-refractivity contribution is 5.81. The lowest BCUT2D eigenvalue weighted by Gasteiger charge is -2.26. The first-order valence-corrected chi connectivity index (χ1v) is 7.07. The summed E-state index contributed by atoms with van der Waals surface area (Å²) in [5.41, 5.74) is 6.14. The predicted octanol–water partition coefficient (Wildman–Crippen LogP) is 1.20. The van der Waals surface area contributed by atoms with Gasteiger partial charge in [-0.25, -0.2) is 4.79 Å². The Morgan fingerprint density at radius 2 is 1.81 bits per heavy atom. The highest BCUT2D eigenvalue weighted by Gasteiger charge is 2.18. The van der Waals surface area contributed by atoms with Crippen LogP contribution in [-0.2, 0) is 14.3 Å². The Morgan fingerprint density at radius 1 is 1.10 bits per heavy atom. The van der Waals surface area contributed by atoms with Crippen LogP contribution < -0.4 is 10.5 Å². The largest absolute Gasteiger partial charge is 0.480 e.